The number of hydrogen-bond acceptors (Lipinski definition) is 5. The van der Waals surface area contributed by atoms with Crippen LogP contribution in [0, 0.1) is 0 Å². The number of hydrogen-bond donors (Lipinski definition) is 1. The van der Waals surface area contributed by atoms with Crippen LogP contribution in [0.3, 0.4) is 0 Å². The van der Waals surface area contributed by atoms with E-state index in [1.165, 1.54) is 0 Å². The maximum Gasteiger partial charge on any atom is 0.347 e. The van der Waals surface area contributed by atoms with E-state index in [1.54, 1.807) is 36.8 Å². The highest BCUT2D eigenvalue weighted by molar-refractivity contribution is 5.85. The molecule has 0 aliphatic carbocycles. The molecule has 2 atom stereocenters. The van der Waals surface area contributed by atoms with Crippen molar-refractivity contribution in [1.29, 1.82) is 0 Å². The highest BCUT2D eigenvalue weighted by atomic mass is 16.6. The van der Waals surface area contributed by atoms with E-state index in [2.05, 4.69) is 17.0 Å². The summed E-state index contributed by atoms with van der Waals surface area (Å²) in [5.41, 5.74) is 0.183. The summed E-state index contributed by atoms with van der Waals surface area (Å²) in [6.45, 7) is 2.23. The van der Waals surface area contributed by atoms with E-state index in [0.29, 0.717) is 11.1 Å². The summed E-state index contributed by atoms with van der Waals surface area (Å²) < 4.78 is 6.64. The standard InChI is InChI=1S/C26H30N3O3/c1-29(18-15-23-14-16-27-20-28-23)17-8-13-24(29)19-32-25(30)26(31,21-9-4-2-5-10-21)22-11-6-3-7-12-22/h2-7,9-12,14,16,20,24,31H,8,13,15,17-19H2,1H3/q+1. The predicted octanol–water partition coefficient (Wildman–Crippen LogP) is 3.11. The van der Waals surface area contributed by atoms with Gasteiger partial charge in [-0.05, 0) is 17.2 Å². The Morgan fingerprint density at radius 3 is 2.34 bits per heavy atom. The van der Waals surface area contributed by atoms with Gasteiger partial charge in [-0.25, -0.2) is 14.8 Å². The van der Waals surface area contributed by atoms with Crippen LogP contribution in [0.15, 0.2) is 79.3 Å². The van der Waals surface area contributed by atoms with E-state index in [4.69, 9.17) is 4.74 Å². The SMILES string of the molecule is C[N+]1(CCc2ccncn2)CCCC1COC(=O)C(O)(c1ccccc1)c1ccccc1. The molecule has 1 fully saturated rings. The minimum Gasteiger partial charge on any atom is -0.457 e. The third kappa shape index (κ3) is 4.56. The number of aromatic nitrogens is 2. The van der Waals surface area contributed by atoms with Gasteiger partial charge in [0.2, 0.25) is 5.60 Å². The first-order valence-corrected chi connectivity index (χ1v) is 11.1. The van der Waals surface area contributed by atoms with Crippen LogP contribution in [-0.4, -0.2) is 58.3 Å². The van der Waals surface area contributed by atoms with Gasteiger partial charge in [-0.1, -0.05) is 60.7 Å². The number of likely N-dealkylation sites (tertiary alicyclic amines) is 1. The molecule has 4 rings (SSSR count). The fraction of sp³-hybridized carbons (Fsp3) is 0.346. The van der Waals surface area contributed by atoms with Gasteiger partial charge in [0, 0.05) is 31.2 Å². The number of aliphatic hydroxyl groups is 1. The molecule has 32 heavy (non-hydrogen) atoms. The summed E-state index contributed by atoms with van der Waals surface area (Å²) in [6.07, 6.45) is 6.26. The topological polar surface area (TPSA) is 72.3 Å². The van der Waals surface area contributed by atoms with E-state index in [1.807, 2.05) is 42.5 Å². The second-order valence-corrected chi connectivity index (χ2v) is 8.71. The van der Waals surface area contributed by atoms with Crippen LogP contribution in [0.5, 0.6) is 0 Å². The fourth-order valence-electron chi connectivity index (χ4n) is 4.61. The second kappa shape index (κ2) is 9.59. The molecule has 0 spiro atoms. The molecule has 3 aromatic rings. The molecule has 0 radical (unpaired) electrons. The molecule has 0 amide bonds. The smallest absolute Gasteiger partial charge is 0.347 e. The Morgan fingerprint density at radius 2 is 1.75 bits per heavy atom. The summed E-state index contributed by atoms with van der Waals surface area (Å²) in [4.78, 5) is 21.6. The van der Waals surface area contributed by atoms with E-state index < -0.39 is 11.6 Å². The molecule has 2 unspecified atom stereocenters. The maximum absolute atomic E-state index is 13.3. The van der Waals surface area contributed by atoms with E-state index >= 15 is 0 Å². The molecule has 2 heterocycles. The molecule has 1 saturated heterocycles. The van der Waals surface area contributed by atoms with Crippen molar-refractivity contribution in [3.05, 3.63) is 96.1 Å². The average molecular weight is 433 g/mol. The molecule has 0 saturated carbocycles. The Morgan fingerprint density at radius 1 is 1.09 bits per heavy atom. The molecular weight excluding hydrogens is 402 g/mol. The van der Waals surface area contributed by atoms with Crippen LogP contribution in [0.4, 0.5) is 0 Å². The summed E-state index contributed by atoms with van der Waals surface area (Å²) in [5, 5.41) is 11.6. The Balaban J connectivity index is 1.48. The normalized spacial score (nSPS) is 20.8. The van der Waals surface area contributed by atoms with Crippen molar-refractivity contribution in [2.75, 3.05) is 26.7 Å². The minimum atomic E-state index is -1.84. The van der Waals surface area contributed by atoms with Gasteiger partial charge in [0.15, 0.2) is 0 Å². The summed E-state index contributed by atoms with van der Waals surface area (Å²) in [7, 11) is 2.22. The zero-order valence-electron chi connectivity index (χ0n) is 18.4. The summed E-state index contributed by atoms with van der Waals surface area (Å²) in [5.74, 6) is -0.635. The van der Waals surface area contributed by atoms with Gasteiger partial charge >= 0.3 is 5.97 Å². The molecule has 1 N–H and O–H groups in total. The van der Waals surface area contributed by atoms with Gasteiger partial charge in [-0.2, -0.15) is 0 Å². The second-order valence-electron chi connectivity index (χ2n) is 8.71. The number of likely N-dealkylation sites (N-methyl/N-ethyl adjacent to an activating group) is 1. The number of esters is 1. The summed E-state index contributed by atoms with van der Waals surface area (Å²) in [6, 6.07) is 20.1. The maximum atomic E-state index is 13.3. The first-order chi connectivity index (χ1) is 15.5. The summed E-state index contributed by atoms with van der Waals surface area (Å²) >= 11 is 0. The highest BCUT2D eigenvalue weighted by Crippen LogP contribution is 2.32. The predicted molar refractivity (Wildman–Crippen MR) is 122 cm³/mol. The molecule has 1 aliphatic rings. The molecule has 6 heteroatoms. The third-order valence-electron chi connectivity index (χ3n) is 6.70. The van der Waals surface area contributed by atoms with E-state index in [-0.39, 0.29) is 12.6 Å². The lowest BCUT2D eigenvalue weighted by Crippen LogP contribution is -2.52. The lowest BCUT2D eigenvalue weighted by Gasteiger charge is -2.36. The van der Waals surface area contributed by atoms with Crippen molar-refractivity contribution < 1.29 is 19.1 Å². The van der Waals surface area contributed by atoms with Crippen LogP contribution in [-0.2, 0) is 21.6 Å². The van der Waals surface area contributed by atoms with Crippen LogP contribution >= 0.6 is 0 Å². The van der Waals surface area contributed by atoms with Crippen molar-refractivity contribution >= 4 is 5.97 Å². The van der Waals surface area contributed by atoms with Crippen LogP contribution in [0.1, 0.15) is 29.7 Å². The molecular formula is C26H30N3O3+. The number of nitrogens with zero attached hydrogens (tertiary/aromatic N) is 3. The Hall–Kier alpha value is -3.09. The Kier molecular flexibility index (Phi) is 6.63. The Bertz CT molecular complexity index is 975. The van der Waals surface area contributed by atoms with Crippen LogP contribution in [0.2, 0.25) is 0 Å². The molecule has 6 nitrogen and oxygen atoms in total. The fourth-order valence-corrected chi connectivity index (χ4v) is 4.61. The lowest BCUT2D eigenvalue weighted by molar-refractivity contribution is -0.921. The van der Waals surface area contributed by atoms with Crippen molar-refractivity contribution in [3.8, 4) is 0 Å². The number of quaternary nitrogens is 1. The van der Waals surface area contributed by atoms with Gasteiger partial charge in [0.25, 0.3) is 0 Å². The zero-order valence-corrected chi connectivity index (χ0v) is 18.4. The third-order valence-corrected chi connectivity index (χ3v) is 6.70. The van der Waals surface area contributed by atoms with E-state index in [0.717, 1.165) is 42.5 Å². The van der Waals surface area contributed by atoms with E-state index in [9.17, 15) is 9.90 Å². The van der Waals surface area contributed by atoms with Crippen LogP contribution in [0.25, 0.3) is 0 Å². The zero-order chi connectivity index (χ0) is 22.4. The molecule has 0 bridgehead atoms. The van der Waals surface area contributed by atoms with Gasteiger partial charge in [0.1, 0.15) is 19.0 Å². The van der Waals surface area contributed by atoms with Crippen LogP contribution < -0.4 is 0 Å². The first kappa shape index (κ1) is 22.1. The van der Waals surface area contributed by atoms with Gasteiger partial charge in [0.05, 0.1) is 20.1 Å². The number of carbonyl (C=O) groups is 1. The minimum absolute atomic E-state index is 0.191. The number of carbonyl (C=O) groups excluding carboxylic acids is 1. The molecule has 2 aromatic carbocycles. The van der Waals surface area contributed by atoms with Crippen molar-refractivity contribution in [3.63, 3.8) is 0 Å². The molecule has 1 aliphatic heterocycles. The number of rotatable bonds is 8. The number of ether oxygens (including phenoxy) is 1. The highest BCUT2D eigenvalue weighted by Gasteiger charge is 2.44. The lowest BCUT2D eigenvalue weighted by atomic mass is 9.86. The largest absolute Gasteiger partial charge is 0.457 e. The molecule has 166 valence electrons. The van der Waals surface area contributed by atoms with Gasteiger partial charge in [-0.3, -0.25) is 0 Å². The Labute approximate surface area is 189 Å². The van der Waals surface area contributed by atoms with Crippen molar-refractivity contribution in [2.45, 2.75) is 30.9 Å². The van der Waals surface area contributed by atoms with Crippen molar-refractivity contribution in [2.24, 2.45) is 0 Å². The van der Waals surface area contributed by atoms with Gasteiger partial charge in [-0.15, -0.1) is 0 Å². The van der Waals surface area contributed by atoms with Gasteiger partial charge < -0.3 is 14.3 Å². The monoisotopic (exact) mass is 432 g/mol. The molecule has 1 aromatic heterocycles. The average Bonchev–Trinajstić information content (AvgIpc) is 3.23. The number of benzene rings is 2. The van der Waals surface area contributed by atoms with Crippen molar-refractivity contribution in [1.82, 2.24) is 9.97 Å². The first-order valence-electron chi connectivity index (χ1n) is 11.1. The quantitative estimate of drug-likeness (QED) is 0.437.